The van der Waals surface area contributed by atoms with Crippen molar-refractivity contribution in [3.8, 4) is 5.75 Å². The predicted octanol–water partition coefficient (Wildman–Crippen LogP) is 2.00. The molecule has 0 radical (unpaired) electrons. The standard InChI is InChI=1S/C14H17NO2/c1-17-11-7-5-10(6-8-11)9-15-12-3-2-4-13(16)14(12)15/h5-8,12,14H,2-4,9H2,1H3. The summed E-state index contributed by atoms with van der Waals surface area (Å²) < 4.78 is 5.13. The fourth-order valence-corrected chi connectivity index (χ4v) is 2.84. The molecular formula is C14H17NO2. The minimum absolute atomic E-state index is 0.228. The number of ketones is 1. The summed E-state index contributed by atoms with van der Waals surface area (Å²) in [6.45, 7) is 0.894. The van der Waals surface area contributed by atoms with Gasteiger partial charge in [-0.05, 0) is 30.5 Å². The maximum Gasteiger partial charge on any atom is 0.151 e. The van der Waals surface area contributed by atoms with Crippen molar-refractivity contribution in [2.75, 3.05) is 7.11 Å². The van der Waals surface area contributed by atoms with E-state index in [1.807, 2.05) is 12.1 Å². The molecule has 3 atom stereocenters. The maximum absolute atomic E-state index is 11.7. The average Bonchev–Trinajstić information content (AvgIpc) is 3.05. The smallest absolute Gasteiger partial charge is 0.151 e. The zero-order valence-corrected chi connectivity index (χ0v) is 10.1. The van der Waals surface area contributed by atoms with Crippen LogP contribution in [-0.2, 0) is 11.3 Å². The number of ether oxygens (including phenoxy) is 1. The zero-order chi connectivity index (χ0) is 11.8. The molecule has 1 aromatic rings. The molecule has 0 spiro atoms. The second kappa shape index (κ2) is 4.15. The highest BCUT2D eigenvalue weighted by molar-refractivity contribution is 5.88. The van der Waals surface area contributed by atoms with Crippen molar-refractivity contribution < 1.29 is 9.53 Å². The Bertz CT molecular complexity index is 426. The van der Waals surface area contributed by atoms with Gasteiger partial charge in [-0.2, -0.15) is 0 Å². The predicted molar refractivity (Wildman–Crippen MR) is 65.0 cm³/mol. The van der Waals surface area contributed by atoms with Gasteiger partial charge in [0.1, 0.15) is 5.75 Å². The van der Waals surface area contributed by atoms with Crippen LogP contribution in [0.5, 0.6) is 5.75 Å². The molecule has 1 heterocycles. The summed E-state index contributed by atoms with van der Waals surface area (Å²) in [5, 5.41) is 0. The summed E-state index contributed by atoms with van der Waals surface area (Å²) in [5.41, 5.74) is 1.26. The Morgan fingerprint density at radius 1 is 1.35 bits per heavy atom. The molecule has 0 amide bonds. The van der Waals surface area contributed by atoms with Crippen LogP contribution in [0.2, 0.25) is 0 Å². The normalized spacial score (nSPS) is 30.9. The third-order valence-electron chi connectivity index (χ3n) is 3.84. The van der Waals surface area contributed by atoms with Gasteiger partial charge in [-0.3, -0.25) is 9.69 Å². The van der Waals surface area contributed by atoms with Crippen molar-refractivity contribution in [1.29, 1.82) is 0 Å². The summed E-state index contributed by atoms with van der Waals surface area (Å²) >= 11 is 0. The average molecular weight is 231 g/mol. The van der Waals surface area contributed by atoms with Crippen LogP contribution in [0.1, 0.15) is 24.8 Å². The number of carbonyl (C=O) groups is 1. The van der Waals surface area contributed by atoms with E-state index >= 15 is 0 Å². The molecule has 2 fully saturated rings. The minimum Gasteiger partial charge on any atom is -0.497 e. The molecule has 1 aliphatic carbocycles. The van der Waals surface area contributed by atoms with E-state index in [-0.39, 0.29) is 6.04 Å². The lowest BCUT2D eigenvalue weighted by Crippen LogP contribution is -2.15. The Balaban J connectivity index is 1.66. The third-order valence-corrected chi connectivity index (χ3v) is 3.84. The molecule has 90 valence electrons. The van der Waals surface area contributed by atoms with Crippen LogP contribution >= 0.6 is 0 Å². The van der Waals surface area contributed by atoms with E-state index in [9.17, 15) is 4.79 Å². The zero-order valence-electron chi connectivity index (χ0n) is 10.1. The maximum atomic E-state index is 11.7. The van der Waals surface area contributed by atoms with Crippen LogP contribution in [-0.4, -0.2) is 29.9 Å². The molecule has 1 saturated carbocycles. The summed E-state index contributed by atoms with van der Waals surface area (Å²) in [5.74, 6) is 1.32. The summed E-state index contributed by atoms with van der Waals surface area (Å²) in [7, 11) is 1.67. The lowest BCUT2D eigenvalue weighted by Gasteiger charge is -2.04. The Labute approximate surface area is 101 Å². The van der Waals surface area contributed by atoms with Crippen LogP contribution in [0.4, 0.5) is 0 Å². The summed E-state index contributed by atoms with van der Waals surface area (Å²) in [6.07, 6.45) is 3.03. The fourth-order valence-electron chi connectivity index (χ4n) is 2.84. The van der Waals surface area contributed by atoms with Gasteiger partial charge < -0.3 is 4.74 Å². The van der Waals surface area contributed by atoms with Crippen LogP contribution in [0.15, 0.2) is 24.3 Å². The fraction of sp³-hybridized carbons (Fsp3) is 0.500. The van der Waals surface area contributed by atoms with Gasteiger partial charge in [0.2, 0.25) is 0 Å². The number of hydrogen-bond acceptors (Lipinski definition) is 3. The number of likely N-dealkylation sites (tertiary alicyclic amines) is 1. The molecule has 0 bridgehead atoms. The van der Waals surface area contributed by atoms with Crippen molar-refractivity contribution in [3.05, 3.63) is 29.8 Å². The molecule has 1 aromatic carbocycles. The van der Waals surface area contributed by atoms with Gasteiger partial charge in [-0.15, -0.1) is 0 Å². The van der Waals surface area contributed by atoms with Gasteiger partial charge in [-0.25, -0.2) is 0 Å². The molecule has 3 heteroatoms. The highest BCUT2D eigenvalue weighted by Gasteiger charge is 2.52. The lowest BCUT2D eigenvalue weighted by molar-refractivity contribution is -0.119. The SMILES string of the molecule is COc1ccc(CN2C3CCCC(=O)C32)cc1. The van der Waals surface area contributed by atoms with E-state index in [0.717, 1.165) is 25.1 Å². The topological polar surface area (TPSA) is 29.3 Å². The van der Waals surface area contributed by atoms with Gasteiger partial charge in [0.25, 0.3) is 0 Å². The molecule has 1 aliphatic heterocycles. The monoisotopic (exact) mass is 231 g/mol. The summed E-state index contributed by atoms with van der Waals surface area (Å²) in [6, 6.07) is 8.86. The molecule has 3 unspecified atom stereocenters. The lowest BCUT2D eigenvalue weighted by atomic mass is 10.00. The van der Waals surface area contributed by atoms with Gasteiger partial charge in [-0.1, -0.05) is 12.1 Å². The first-order valence-corrected chi connectivity index (χ1v) is 6.21. The van der Waals surface area contributed by atoms with E-state index in [2.05, 4.69) is 17.0 Å². The number of fused-ring (bicyclic) bond motifs is 1. The van der Waals surface area contributed by atoms with Crippen LogP contribution in [0, 0.1) is 0 Å². The highest BCUT2D eigenvalue weighted by atomic mass is 16.5. The van der Waals surface area contributed by atoms with Crippen molar-refractivity contribution in [2.24, 2.45) is 0 Å². The van der Waals surface area contributed by atoms with Crippen LogP contribution in [0.3, 0.4) is 0 Å². The Hall–Kier alpha value is -1.35. The quantitative estimate of drug-likeness (QED) is 0.745. The van der Waals surface area contributed by atoms with Crippen molar-refractivity contribution in [1.82, 2.24) is 4.90 Å². The van der Waals surface area contributed by atoms with E-state index in [4.69, 9.17) is 4.74 Å². The molecule has 3 nitrogen and oxygen atoms in total. The van der Waals surface area contributed by atoms with Crippen molar-refractivity contribution >= 4 is 5.78 Å². The highest BCUT2D eigenvalue weighted by Crippen LogP contribution is 2.39. The molecule has 1 saturated heterocycles. The first-order valence-electron chi connectivity index (χ1n) is 6.21. The van der Waals surface area contributed by atoms with Gasteiger partial charge in [0.05, 0.1) is 13.2 Å². The Morgan fingerprint density at radius 2 is 2.12 bits per heavy atom. The number of carbonyl (C=O) groups excluding carboxylic acids is 1. The largest absolute Gasteiger partial charge is 0.497 e. The third kappa shape index (κ3) is 1.95. The molecule has 3 rings (SSSR count). The van der Waals surface area contributed by atoms with E-state index < -0.39 is 0 Å². The first-order chi connectivity index (χ1) is 8.29. The minimum atomic E-state index is 0.228. The van der Waals surface area contributed by atoms with Crippen LogP contribution < -0.4 is 4.74 Å². The molecule has 17 heavy (non-hydrogen) atoms. The van der Waals surface area contributed by atoms with Gasteiger partial charge in [0, 0.05) is 19.0 Å². The van der Waals surface area contributed by atoms with Crippen LogP contribution in [0.25, 0.3) is 0 Å². The Kier molecular flexibility index (Phi) is 2.63. The van der Waals surface area contributed by atoms with Crippen molar-refractivity contribution in [2.45, 2.75) is 37.9 Å². The first kappa shape index (κ1) is 10.8. The number of hydrogen-bond donors (Lipinski definition) is 0. The van der Waals surface area contributed by atoms with Gasteiger partial charge >= 0.3 is 0 Å². The number of nitrogens with zero attached hydrogens (tertiary/aromatic N) is 1. The number of rotatable bonds is 3. The van der Waals surface area contributed by atoms with Crippen molar-refractivity contribution in [3.63, 3.8) is 0 Å². The molecule has 0 N–H and O–H groups in total. The number of Topliss-reactive ketones (excluding diaryl/α,β-unsaturated/α-hetero) is 1. The number of benzene rings is 1. The van der Waals surface area contributed by atoms with E-state index in [1.165, 1.54) is 12.0 Å². The molecule has 2 aliphatic rings. The molecule has 0 aromatic heterocycles. The second-order valence-electron chi connectivity index (χ2n) is 4.89. The van der Waals surface area contributed by atoms with E-state index in [0.29, 0.717) is 11.8 Å². The Morgan fingerprint density at radius 3 is 2.76 bits per heavy atom. The second-order valence-corrected chi connectivity index (χ2v) is 4.89. The molecular weight excluding hydrogens is 214 g/mol. The van der Waals surface area contributed by atoms with E-state index in [1.54, 1.807) is 7.11 Å². The van der Waals surface area contributed by atoms with Gasteiger partial charge in [0.15, 0.2) is 5.78 Å². The summed E-state index contributed by atoms with van der Waals surface area (Å²) in [4.78, 5) is 14.0. The number of methoxy groups -OCH3 is 1.